The fraction of sp³-hybridized carbons (Fsp3) is 0.615. The van der Waals surface area contributed by atoms with Gasteiger partial charge in [-0.25, -0.2) is 4.72 Å². The van der Waals surface area contributed by atoms with E-state index in [1.807, 2.05) is 18.3 Å². The summed E-state index contributed by atoms with van der Waals surface area (Å²) in [6, 6.07) is 4.01. The average Bonchev–Trinajstić information content (AvgIpc) is 2.88. The highest BCUT2D eigenvalue weighted by molar-refractivity contribution is 7.87. The van der Waals surface area contributed by atoms with Gasteiger partial charge in [-0.05, 0) is 37.3 Å². The molecule has 1 aromatic heterocycles. The Labute approximate surface area is 115 Å². The summed E-state index contributed by atoms with van der Waals surface area (Å²) in [6.07, 6.45) is 9.30. The van der Waals surface area contributed by atoms with Crippen molar-refractivity contribution in [1.29, 1.82) is 0 Å². The van der Waals surface area contributed by atoms with Gasteiger partial charge in [0.15, 0.2) is 0 Å². The van der Waals surface area contributed by atoms with Crippen molar-refractivity contribution < 1.29 is 8.42 Å². The van der Waals surface area contributed by atoms with Gasteiger partial charge in [0, 0.05) is 25.0 Å². The van der Waals surface area contributed by atoms with Gasteiger partial charge in [0.25, 0.3) is 10.2 Å². The molecule has 6 heteroatoms. The highest BCUT2D eigenvalue weighted by atomic mass is 32.2. The molecule has 1 saturated carbocycles. The summed E-state index contributed by atoms with van der Waals surface area (Å²) in [7, 11) is -3.34. The number of aryl methyl sites for hydroxylation is 1. The molecule has 0 aromatic carbocycles. The Hall–Kier alpha value is -0.980. The van der Waals surface area contributed by atoms with Crippen molar-refractivity contribution in [2.45, 2.75) is 44.6 Å². The molecule has 1 aliphatic rings. The summed E-state index contributed by atoms with van der Waals surface area (Å²) in [5, 5.41) is 0. The van der Waals surface area contributed by atoms with Gasteiger partial charge < -0.3 is 0 Å². The maximum absolute atomic E-state index is 11.8. The van der Waals surface area contributed by atoms with Crippen LogP contribution in [0.3, 0.4) is 0 Å². The second kappa shape index (κ2) is 6.98. The summed E-state index contributed by atoms with van der Waals surface area (Å²) in [5.74, 6) is 0. The summed E-state index contributed by atoms with van der Waals surface area (Å²) < 4.78 is 28.8. The van der Waals surface area contributed by atoms with Gasteiger partial charge in [-0.15, -0.1) is 0 Å². The molecule has 0 radical (unpaired) electrons. The van der Waals surface area contributed by atoms with Crippen molar-refractivity contribution in [2.24, 2.45) is 0 Å². The number of nitrogens with one attached hydrogen (secondary N) is 2. The van der Waals surface area contributed by atoms with Crippen molar-refractivity contribution in [3.63, 3.8) is 0 Å². The van der Waals surface area contributed by atoms with Crippen molar-refractivity contribution in [1.82, 2.24) is 14.4 Å². The van der Waals surface area contributed by atoms with Crippen LogP contribution >= 0.6 is 0 Å². The van der Waals surface area contributed by atoms with Crippen LogP contribution in [0.25, 0.3) is 0 Å². The van der Waals surface area contributed by atoms with Crippen LogP contribution in [0.5, 0.6) is 0 Å². The topological polar surface area (TPSA) is 71.1 Å². The fourth-order valence-electron chi connectivity index (χ4n) is 2.35. The zero-order valence-corrected chi connectivity index (χ0v) is 11.8. The molecular formula is C13H21N3O2S. The first kappa shape index (κ1) is 14.4. The standard InChI is InChI=1S/C13H21N3O2S/c17-19(18,16-13-7-1-2-8-13)15-10-4-6-12-5-3-9-14-11-12/h3,5,9,11,13,15-16H,1-2,4,6-8,10H2. The van der Waals surface area contributed by atoms with E-state index in [2.05, 4.69) is 14.4 Å². The molecule has 0 amide bonds. The Morgan fingerprint density at radius 3 is 2.79 bits per heavy atom. The van der Waals surface area contributed by atoms with E-state index in [0.29, 0.717) is 6.54 Å². The van der Waals surface area contributed by atoms with Gasteiger partial charge in [-0.2, -0.15) is 13.1 Å². The number of hydrogen-bond acceptors (Lipinski definition) is 3. The van der Waals surface area contributed by atoms with Gasteiger partial charge in [0.2, 0.25) is 0 Å². The Kier molecular flexibility index (Phi) is 5.30. The van der Waals surface area contributed by atoms with E-state index in [4.69, 9.17) is 0 Å². The summed E-state index contributed by atoms with van der Waals surface area (Å²) in [4.78, 5) is 4.03. The molecule has 0 aliphatic heterocycles. The van der Waals surface area contributed by atoms with Crippen LogP contribution in [0.1, 0.15) is 37.7 Å². The largest absolute Gasteiger partial charge is 0.277 e. The molecule has 19 heavy (non-hydrogen) atoms. The van der Waals surface area contributed by atoms with Gasteiger partial charge >= 0.3 is 0 Å². The first-order valence-electron chi connectivity index (χ1n) is 6.81. The Morgan fingerprint density at radius 2 is 2.11 bits per heavy atom. The predicted octanol–water partition coefficient (Wildman–Crippen LogP) is 1.38. The van der Waals surface area contributed by atoms with Crippen molar-refractivity contribution in [3.05, 3.63) is 30.1 Å². The van der Waals surface area contributed by atoms with Crippen LogP contribution in [0.2, 0.25) is 0 Å². The maximum Gasteiger partial charge on any atom is 0.277 e. The SMILES string of the molecule is O=S(=O)(NCCCc1cccnc1)NC1CCCC1. The summed E-state index contributed by atoms with van der Waals surface area (Å²) in [5.41, 5.74) is 1.13. The number of aromatic nitrogens is 1. The van der Waals surface area contributed by atoms with Crippen molar-refractivity contribution >= 4 is 10.2 Å². The van der Waals surface area contributed by atoms with Gasteiger partial charge in [-0.3, -0.25) is 4.98 Å². The van der Waals surface area contributed by atoms with Crippen LogP contribution in [-0.4, -0.2) is 26.0 Å². The number of pyridine rings is 1. The highest BCUT2D eigenvalue weighted by Gasteiger charge is 2.20. The molecule has 0 atom stereocenters. The average molecular weight is 283 g/mol. The zero-order chi connectivity index (χ0) is 13.6. The smallest absolute Gasteiger partial charge is 0.264 e. The third-order valence-corrected chi connectivity index (χ3v) is 4.56. The van der Waals surface area contributed by atoms with E-state index in [9.17, 15) is 8.42 Å². The van der Waals surface area contributed by atoms with Crippen LogP contribution < -0.4 is 9.44 Å². The van der Waals surface area contributed by atoms with Crippen LogP contribution in [-0.2, 0) is 16.6 Å². The molecular weight excluding hydrogens is 262 g/mol. The third-order valence-electron chi connectivity index (χ3n) is 3.33. The molecule has 106 valence electrons. The maximum atomic E-state index is 11.8. The minimum atomic E-state index is -3.34. The van der Waals surface area contributed by atoms with E-state index in [1.165, 1.54) is 0 Å². The van der Waals surface area contributed by atoms with Gasteiger partial charge in [0.05, 0.1) is 0 Å². The molecule has 0 bridgehead atoms. The van der Waals surface area contributed by atoms with Crippen LogP contribution in [0, 0.1) is 0 Å². The third kappa shape index (κ3) is 5.26. The molecule has 2 N–H and O–H groups in total. The predicted molar refractivity (Wildman–Crippen MR) is 74.9 cm³/mol. The number of rotatable bonds is 7. The highest BCUT2D eigenvalue weighted by Crippen LogP contribution is 2.17. The second-order valence-corrected chi connectivity index (χ2v) is 6.49. The Bertz CT molecular complexity index is 470. The molecule has 0 unspecified atom stereocenters. The first-order chi connectivity index (χ1) is 9.16. The van der Waals surface area contributed by atoms with E-state index < -0.39 is 10.2 Å². The lowest BCUT2D eigenvalue weighted by Crippen LogP contribution is -2.42. The molecule has 1 aromatic rings. The molecule has 1 heterocycles. The van der Waals surface area contributed by atoms with Crippen molar-refractivity contribution in [3.8, 4) is 0 Å². The molecule has 5 nitrogen and oxygen atoms in total. The second-order valence-electron chi connectivity index (χ2n) is 4.96. The lowest BCUT2D eigenvalue weighted by Gasteiger charge is -2.13. The Morgan fingerprint density at radius 1 is 1.32 bits per heavy atom. The van der Waals surface area contributed by atoms with Gasteiger partial charge in [0.1, 0.15) is 0 Å². The molecule has 2 rings (SSSR count). The molecule has 1 fully saturated rings. The number of nitrogens with zero attached hydrogens (tertiary/aromatic N) is 1. The molecule has 1 aliphatic carbocycles. The summed E-state index contributed by atoms with van der Waals surface area (Å²) >= 11 is 0. The number of hydrogen-bond donors (Lipinski definition) is 2. The monoisotopic (exact) mass is 283 g/mol. The lowest BCUT2D eigenvalue weighted by molar-refractivity contribution is 0.537. The minimum absolute atomic E-state index is 0.121. The van der Waals surface area contributed by atoms with E-state index in [-0.39, 0.29) is 6.04 Å². The Balaban J connectivity index is 1.66. The van der Waals surface area contributed by atoms with Gasteiger partial charge in [-0.1, -0.05) is 18.9 Å². The van der Waals surface area contributed by atoms with Crippen LogP contribution in [0.15, 0.2) is 24.5 Å². The zero-order valence-electron chi connectivity index (χ0n) is 11.0. The molecule has 0 spiro atoms. The minimum Gasteiger partial charge on any atom is -0.264 e. The summed E-state index contributed by atoms with van der Waals surface area (Å²) in [6.45, 7) is 0.455. The van der Waals surface area contributed by atoms with E-state index in [0.717, 1.165) is 44.1 Å². The quantitative estimate of drug-likeness (QED) is 0.743. The fourth-order valence-corrected chi connectivity index (χ4v) is 3.52. The van der Waals surface area contributed by atoms with E-state index in [1.54, 1.807) is 6.20 Å². The van der Waals surface area contributed by atoms with Crippen molar-refractivity contribution in [2.75, 3.05) is 6.54 Å². The normalized spacial score (nSPS) is 16.8. The van der Waals surface area contributed by atoms with E-state index >= 15 is 0 Å². The van der Waals surface area contributed by atoms with Crippen LogP contribution in [0.4, 0.5) is 0 Å². The lowest BCUT2D eigenvalue weighted by atomic mass is 10.2. The molecule has 0 saturated heterocycles. The first-order valence-corrected chi connectivity index (χ1v) is 8.30.